The molecule has 0 rings (SSSR count). The van der Waals surface area contributed by atoms with Crippen LogP contribution in [0, 0.1) is 0 Å². The van der Waals surface area contributed by atoms with Gasteiger partial charge >= 0.3 is 5.97 Å². The average Bonchev–Trinajstić information content (AvgIpc) is 2.37. The second kappa shape index (κ2) is 12.8. The monoisotopic (exact) mass is 263 g/mol. The number of carbonyl (C=O) groups is 1. The molecule has 1 N–H and O–H groups in total. The van der Waals surface area contributed by atoms with E-state index in [1.54, 1.807) is 21.1 Å². The SMILES string of the molecule is CCOC(=O)C(COCCOCCCOC)NC. The van der Waals surface area contributed by atoms with Gasteiger partial charge in [0.1, 0.15) is 6.04 Å². The van der Waals surface area contributed by atoms with E-state index in [9.17, 15) is 4.79 Å². The van der Waals surface area contributed by atoms with Crippen molar-refractivity contribution >= 4 is 5.97 Å². The number of hydrogen-bond donors (Lipinski definition) is 1. The highest BCUT2D eigenvalue weighted by Gasteiger charge is 2.17. The molecule has 0 fully saturated rings. The van der Waals surface area contributed by atoms with Gasteiger partial charge in [-0.3, -0.25) is 4.79 Å². The molecule has 0 aromatic heterocycles. The van der Waals surface area contributed by atoms with Crippen LogP contribution in [0.4, 0.5) is 0 Å². The highest BCUT2D eigenvalue weighted by molar-refractivity contribution is 5.75. The molecule has 0 saturated carbocycles. The molecule has 1 atom stereocenters. The summed E-state index contributed by atoms with van der Waals surface area (Å²) in [6, 6.07) is -0.418. The molecule has 6 nitrogen and oxygen atoms in total. The standard InChI is InChI=1S/C12H25NO5/c1-4-18-12(14)11(13-2)10-17-9-8-16-7-5-6-15-3/h11,13H,4-10H2,1-3H3. The summed E-state index contributed by atoms with van der Waals surface area (Å²) in [5, 5.41) is 2.85. The number of likely N-dealkylation sites (N-methyl/N-ethyl adjacent to an activating group) is 1. The van der Waals surface area contributed by atoms with E-state index in [1.165, 1.54) is 0 Å². The van der Waals surface area contributed by atoms with Crippen molar-refractivity contribution in [2.45, 2.75) is 19.4 Å². The number of esters is 1. The Hall–Kier alpha value is -0.690. The van der Waals surface area contributed by atoms with Crippen LogP contribution in [0.25, 0.3) is 0 Å². The largest absolute Gasteiger partial charge is 0.465 e. The zero-order valence-electron chi connectivity index (χ0n) is 11.6. The van der Waals surface area contributed by atoms with Crippen molar-refractivity contribution in [2.75, 3.05) is 53.8 Å². The maximum absolute atomic E-state index is 11.4. The second-order valence-electron chi connectivity index (χ2n) is 3.63. The van der Waals surface area contributed by atoms with Crippen LogP contribution in [0.2, 0.25) is 0 Å². The molecule has 0 spiro atoms. The van der Waals surface area contributed by atoms with E-state index in [0.29, 0.717) is 33.0 Å². The highest BCUT2D eigenvalue weighted by atomic mass is 16.5. The summed E-state index contributed by atoms with van der Waals surface area (Å²) < 4.78 is 20.4. The topological polar surface area (TPSA) is 66.0 Å². The summed E-state index contributed by atoms with van der Waals surface area (Å²) in [6.45, 7) is 4.78. The molecule has 0 aromatic carbocycles. The van der Waals surface area contributed by atoms with E-state index in [1.807, 2.05) is 0 Å². The third-order valence-corrected chi connectivity index (χ3v) is 2.21. The Labute approximate surface area is 109 Å². The molecule has 6 heteroatoms. The minimum Gasteiger partial charge on any atom is -0.465 e. The molecule has 0 amide bonds. The van der Waals surface area contributed by atoms with Crippen LogP contribution in [0.3, 0.4) is 0 Å². The normalized spacial score (nSPS) is 12.4. The number of ether oxygens (including phenoxy) is 4. The Morgan fingerprint density at radius 1 is 1.17 bits per heavy atom. The number of carbonyl (C=O) groups excluding carboxylic acids is 1. The maximum Gasteiger partial charge on any atom is 0.325 e. The van der Waals surface area contributed by atoms with E-state index in [0.717, 1.165) is 6.42 Å². The Morgan fingerprint density at radius 2 is 1.89 bits per heavy atom. The van der Waals surface area contributed by atoms with Gasteiger partial charge in [-0.15, -0.1) is 0 Å². The van der Waals surface area contributed by atoms with Crippen molar-refractivity contribution in [3.05, 3.63) is 0 Å². The van der Waals surface area contributed by atoms with Gasteiger partial charge in [0.15, 0.2) is 0 Å². The highest BCUT2D eigenvalue weighted by Crippen LogP contribution is 1.91. The molecule has 0 heterocycles. The Bertz CT molecular complexity index is 201. The quantitative estimate of drug-likeness (QED) is 0.401. The second-order valence-corrected chi connectivity index (χ2v) is 3.63. The first-order chi connectivity index (χ1) is 8.76. The minimum absolute atomic E-state index is 0.288. The fourth-order valence-electron chi connectivity index (χ4n) is 1.24. The van der Waals surface area contributed by atoms with Gasteiger partial charge in [-0.25, -0.2) is 0 Å². The first-order valence-corrected chi connectivity index (χ1v) is 6.24. The predicted octanol–water partition coefficient (Wildman–Crippen LogP) is 0.207. The fourth-order valence-corrected chi connectivity index (χ4v) is 1.24. The smallest absolute Gasteiger partial charge is 0.325 e. The molecular formula is C12H25NO5. The van der Waals surface area contributed by atoms with Gasteiger partial charge in [-0.1, -0.05) is 0 Å². The Balaban J connectivity index is 3.42. The lowest BCUT2D eigenvalue weighted by Crippen LogP contribution is -2.39. The van der Waals surface area contributed by atoms with E-state index in [2.05, 4.69) is 5.32 Å². The lowest BCUT2D eigenvalue weighted by atomic mass is 10.3. The van der Waals surface area contributed by atoms with Crippen molar-refractivity contribution in [2.24, 2.45) is 0 Å². The predicted molar refractivity (Wildman–Crippen MR) is 67.6 cm³/mol. The van der Waals surface area contributed by atoms with Crippen LogP contribution in [-0.2, 0) is 23.7 Å². The van der Waals surface area contributed by atoms with Crippen molar-refractivity contribution in [1.82, 2.24) is 5.32 Å². The van der Waals surface area contributed by atoms with Crippen LogP contribution >= 0.6 is 0 Å². The summed E-state index contributed by atoms with van der Waals surface area (Å²) in [5.74, 6) is -0.291. The van der Waals surface area contributed by atoms with Crippen LogP contribution in [0.1, 0.15) is 13.3 Å². The zero-order chi connectivity index (χ0) is 13.6. The van der Waals surface area contributed by atoms with Gasteiger partial charge in [-0.2, -0.15) is 0 Å². The lowest BCUT2D eigenvalue weighted by molar-refractivity contribution is -0.147. The lowest BCUT2D eigenvalue weighted by Gasteiger charge is -2.14. The van der Waals surface area contributed by atoms with Crippen LogP contribution in [0.5, 0.6) is 0 Å². The number of methoxy groups -OCH3 is 1. The molecule has 0 aliphatic heterocycles. The van der Waals surface area contributed by atoms with Gasteiger partial charge in [0, 0.05) is 20.3 Å². The third kappa shape index (κ3) is 9.35. The van der Waals surface area contributed by atoms with E-state index in [4.69, 9.17) is 18.9 Å². The van der Waals surface area contributed by atoms with Crippen LogP contribution in [0.15, 0.2) is 0 Å². The first kappa shape index (κ1) is 17.3. The summed E-state index contributed by atoms with van der Waals surface area (Å²) >= 11 is 0. The van der Waals surface area contributed by atoms with Gasteiger partial charge in [0.05, 0.1) is 26.4 Å². The van der Waals surface area contributed by atoms with E-state index < -0.39 is 6.04 Å². The molecule has 0 aromatic rings. The van der Waals surface area contributed by atoms with Crippen molar-refractivity contribution in [3.63, 3.8) is 0 Å². The van der Waals surface area contributed by atoms with Crippen molar-refractivity contribution < 1.29 is 23.7 Å². The van der Waals surface area contributed by atoms with Gasteiger partial charge in [-0.05, 0) is 20.4 Å². The van der Waals surface area contributed by atoms with Gasteiger partial charge < -0.3 is 24.3 Å². The van der Waals surface area contributed by atoms with Crippen LogP contribution < -0.4 is 5.32 Å². The number of nitrogens with one attached hydrogen (secondary N) is 1. The molecule has 0 aliphatic carbocycles. The van der Waals surface area contributed by atoms with Crippen molar-refractivity contribution in [3.8, 4) is 0 Å². The summed E-state index contributed by atoms with van der Waals surface area (Å²) in [5.41, 5.74) is 0. The third-order valence-electron chi connectivity index (χ3n) is 2.21. The fraction of sp³-hybridized carbons (Fsp3) is 0.917. The van der Waals surface area contributed by atoms with Gasteiger partial charge in [0.25, 0.3) is 0 Å². The number of hydrogen-bond acceptors (Lipinski definition) is 6. The molecular weight excluding hydrogens is 238 g/mol. The summed E-state index contributed by atoms with van der Waals surface area (Å²) in [7, 11) is 3.36. The van der Waals surface area contributed by atoms with Crippen molar-refractivity contribution in [1.29, 1.82) is 0 Å². The maximum atomic E-state index is 11.4. The van der Waals surface area contributed by atoms with Crippen LogP contribution in [-0.4, -0.2) is 65.8 Å². The average molecular weight is 263 g/mol. The Kier molecular flexibility index (Phi) is 12.3. The van der Waals surface area contributed by atoms with Gasteiger partial charge in [0.2, 0.25) is 0 Å². The summed E-state index contributed by atoms with van der Waals surface area (Å²) in [6.07, 6.45) is 0.873. The van der Waals surface area contributed by atoms with E-state index >= 15 is 0 Å². The molecule has 108 valence electrons. The molecule has 0 saturated heterocycles. The molecule has 18 heavy (non-hydrogen) atoms. The molecule has 0 aliphatic rings. The molecule has 0 radical (unpaired) electrons. The first-order valence-electron chi connectivity index (χ1n) is 6.24. The Morgan fingerprint density at radius 3 is 2.50 bits per heavy atom. The van der Waals surface area contributed by atoms with E-state index in [-0.39, 0.29) is 12.6 Å². The molecule has 1 unspecified atom stereocenters. The summed E-state index contributed by atoms with van der Waals surface area (Å²) in [4.78, 5) is 11.4. The minimum atomic E-state index is -0.418. The zero-order valence-corrected chi connectivity index (χ0v) is 11.6. The number of rotatable bonds is 12. The molecule has 0 bridgehead atoms.